The molecule has 99 valence electrons. The van der Waals surface area contributed by atoms with Crippen molar-refractivity contribution in [1.29, 1.82) is 0 Å². The number of rotatable bonds is 5. The van der Waals surface area contributed by atoms with Crippen molar-refractivity contribution in [1.82, 2.24) is 0 Å². The Morgan fingerprint density at radius 2 is 1.68 bits per heavy atom. The summed E-state index contributed by atoms with van der Waals surface area (Å²) in [5.74, 6) is 0.542. The molecule has 2 atom stereocenters. The van der Waals surface area contributed by atoms with Gasteiger partial charge in [-0.15, -0.1) is 11.6 Å². The SMILES string of the molecule is CC(Cc1cc[c]cc1)CC(Cl)c1ccc(Cl)cc1. The summed E-state index contributed by atoms with van der Waals surface area (Å²) in [6, 6.07) is 19.0. The van der Waals surface area contributed by atoms with Crippen molar-refractivity contribution in [2.75, 3.05) is 0 Å². The van der Waals surface area contributed by atoms with E-state index in [4.69, 9.17) is 23.2 Å². The molecule has 1 radical (unpaired) electrons. The van der Waals surface area contributed by atoms with E-state index in [1.54, 1.807) is 0 Å². The van der Waals surface area contributed by atoms with Gasteiger partial charge in [-0.1, -0.05) is 54.9 Å². The normalized spacial score (nSPS) is 14.1. The van der Waals surface area contributed by atoms with Crippen LogP contribution in [0.1, 0.15) is 29.8 Å². The largest absolute Gasteiger partial charge is 0.118 e. The highest BCUT2D eigenvalue weighted by Gasteiger charge is 2.13. The number of benzene rings is 2. The van der Waals surface area contributed by atoms with Crippen LogP contribution in [-0.4, -0.2) is 0 Å². The lowest BCUT2D eigenvalue weighted by atomic mass is 9.94. The van der Waals surface area contributed by atoms with E-state index < -0.39 is 0 Å². The third-order valence-electron chi connectivity index (χ3n) is 3.21. The second-order valence-electron chi connectivity index (χ2n) is 4.97. The smallest absolute Gasteiger partial charge is 0.0587 e. The molecule has 0 saturated heterocycles. The lowest BCUT2D eigenvalue weighted by molar-refractivity contribution is 0.521. The van der Waals surface area contributed by atoms with E-state index in [-0.39, 0.29) is 5.38 Å². The van der Waals surface area contributed by atoms with Gasteiger partial charge in [-0.2, -0.15) is 0 Å². The van der Waals surface area contributed by atoms with Crippen LogP contribution in [0.4, 0.5) is 0 Å². The summed E-state index contributed by atoms with van der Waals surface area (Å²) in [4.78, 5) is 0. The quantitative estimate of drug-likeness (QED) is 0.621. The minimum Gasteiger partial charge on any atom is -0.118 e. The Labute approximate surface area is 125 Å². The van der Waals surface area contributed by atoms with Crippen LogP contribution in [0, 0.1) is 12.0 Å². The molecule has 2 aromatic rings. The minimum atomic E-state index is 0.0440. The molecule has 0 heterocycles. The van der Waals surface area contributed by atoms with Crippen LogP contribution in [0.25, 0.3) is 0 Å². The van der Waals surface area contributed by atoms with Crippen LogP contribution in [0.5, 0.6) is 0 Å². The third kappa shape index (κ3) is 4.56. The highest BCUT2D eigenvalue weighted by Crippen LogP contribution is 2.29. The fourth-order valence-electron chi connectivity index (χ4n) is 2.20. The van der Waals surface area contributed by atoms with Crippen LogP contribution in [-0.2, 0) is 6.42 Å². The average Bonchev–Trinajstić information content (AvgIpc) is 2.40. The fourth-order valence-corrected chi connectivity index (χ4v) is 2.78. The van der Waals surface area contributed by atoms with Gasteiger partial charge in [0.05, 0.1) is 5.38 Å². The third-order valence-corrected chi connectivity index (χ3v) is 3.89. The molecule has 0 aliphatic rings. The summed E-state index contributed by atoms with van der Waals surface area (Å²) in [5.41, 5.74) is 2.48. The standard InChI is InChI=1S/C17H17Cl2/c1-13(11-14-5-3-2-4-6-14)12-17(19)15-7-9-16(18)10-8-15/h3-10,13,17H,11-12H2,1H3. The molecule has 19 heavy (non-hydrogen) atoms. The van der Waals surface area contributed by atoms with E-state index in [1.807, 2.05) is 36.4 Å². The zero-order valence-electron chi connectivity index (χ0n) is 10.9. The minimum absolute atomic E-state index is 0.0440. The first-order valence-electron chi connectivity index (χ1n) is 6.49. The number of hydrogen-bond donors (Lipinski definition) is 0. The number of halogens is 2. The molecular weight excluding hydrogens is 275 g/mol. The molecule has 2 heteroatoms. The second kappa shape index (κ2) is 6.98. The fraction of sp³-hybridized carbons (Fsp3) is 0.294. The maximum absolute atomic E-state index is 6.47. The van der Waals surface area contributed by atoms with Crippen molar-refractivity contribution in [2.45, 2.75) is 25.1 Å². The number of alkyl halides is 1. The average molecular weight is 292 g/mol. The van der Waals surface area contributed by atoms with Crippen LogP contribution >= 0.6 is 23.2 Å². The Morgan fingerprint density at radius 3 is 2.32 bits per heavy atom. The van der Waals surface area contributed by atoms with E-state index in [9.17, 15) is 0 Å². The van der Waals surface area contributed by atoms with E-state index in [2.05, 4.69) is 25.1 Å². The van der Waals surface area contributed by atoms with E-state index >= 15 is 0 Å². The van der Waals surface area contributed by atoms with Gasteiger partial charge in [-0.3, -0.25) is 0 Å². The van der Waals surface area contributed by atoms with Crippen molar-refractivity contribution >= 4 is 23.2 Å². The van der Waals surface area contributed by atoms with E-state index in [0.29, 0.717) is 5.92 Å². The van der Waals surface area contributed by atoms with Crippen LogP contribution in [0.2, 0.25) is 5.02 Å². The molecule has 0 fully saturated rings. The van der Waals surface area contributed by atoms with Gasteiger partial charge in [0.25, 0.3) is 0 Å². The first-order valence-corrected chi connectivity index (χ1v) is 7.31. The highest BCUT2D eigenvalue weighted by molar-refractivity contribution is 6.30. The van der Waals surface area contributed by atoms with Crippen LogP contribution in [0.3, 0.4) is 0 Å². The van der Waals surface area contributed by atoms with Gasteiger partial charge in [-0.25, -0.2) is 0 Å². The molecule has 2 rings (SSSR count). The summed E-state index contributed by atoms with van der Waals surface area (Å²) in [6.45, 7) is 2.24. The van der Waals surface area contributed by atoms with Gasteiger partial charge >= 0.3 is 0 Å². The molecule has 0 aromatic heterocycles. The molecule has 0 aliphatic heterocycles. The van der Waals surface area contributed by atoms with Gasteiger partial charge in [0, 0.05) is 5.02 Å². The van der Waals surface area contributed by atoms with E-state index in [1.165, 1.54) is 5.56 Å². The highest BCUT2D eigenvalue weighted by atomic mass is 35.5. The van der Waals surface area contributed by atoms with Crippen LogP contribution in [0.15, 0.2) is 48.5 Å². The predicted octanol–water partition coefficient (Wildman–Crippen LogP) is 5.69. The Hall–Kier alpha value is -0.980. The Morgan fingerprint density at radius 1 is 1.05 bits per heavy atom. The van der Waals surface area contributed by atoms with Gasteiger partial charge in [0.2, 0.25) is 0 Å². The van der Waals surface area contributed by atoms with Gasteiger partial charge < -0.3 is 0 Å². The van der Waals surface area contributed by atoms with Crippen molar-refractivity contribution in [3.63, 3.8) is 0 Å². The lowest BCUT2D eigenvalue weighted by Crippen LogP contribution is -2.04. The van der Waals surface area contributed by atoms with E-state index in [0.717, 1.165) is 23.4 Å². The summed E-state index contributed by atoms with van der Waals surface area (Å²) < 4.78 is 0. The molecule has 2 aromatic carbocycles. The van der Waals surface area contributed by atoms with Crippen molar-refractivity contribution in [2.24, 2.45) is 5.92 Å². The summed E-state index contributed by atoms with van der Waals surface area (Å²) in [6.07, 6.45) is 2.01. The molecule has 0 amide bonds. The Bertz CT molecular complexity index is 490. The topological polar surface area (TPSA) is 0 Å². The Kier molecular flexibility index (Phi) is 5.30. The molecule has 0 aliphatic carbocycles. The molecule has 0 spiro atoms. The molecule has 2 unspecified atom stereocenters. The maximum atomic E-state index is 6.47. The maximum Gasteiger partial charge on any atom is 0.0587 e. The van der Waals surface area contributed by atoms with Gasteiger partial charge in [0.1, 0.15) is 0 Å². The predicted molar refractivity (Wildman–Crippen MR) is 82.8 cm³/mol. The van der Waals surface area contributed by atoms with Gasteiger partial charge in [0.15, 0.2) is 0 Å². The molecular formula is C17H17Cl2. The zero-order chi connectivity index (χ0) is 13.7. The van der Waals surface area contributed by atoms with Gasteiger partial charge in [-0.05, 0) is 48.1 Å². The first-order chi connectivity index (χ1) is 9.15. The van der Waals surface area contributed by atoms with Crippen molar-refractivity contribution in [3.8, 4) is 0 Å². The van der Waals surface area contributed by atoms with Crippen molar-refractivity contribution < 1.29 is 0 Å². The molecule has 0 nitrogen and oxygen atoms in total. The zero-order valence-corrected chi connectivity index (χ0v) is 12.5. The summed E-state index contributed by atoms with van der Waals surface area (Å²) in [5, 5.41) is 0.795. The lowest BCUT2D eigenvalue weighted by Gasteiger charge is -2.16. The van der Waals surface area contributed by atoms with Crippen molar-refractivity contribution in [3.05, 3.63) is 70.7 Å². The Balaban J connectivity index is 1.91. The molecule has 0 N–H and O–H groups in total. The van der Waals surface area contributed by atoms with Crippen LogP contribution < -0.4 is 0 Å². The molecule has 0 bridgehead atoms. The summed E-state index contributed by atoms with van der Waals surface area (Å²) >= 11 is 12.4. The summed E-state index contributed by atoms with van der Waals surface area (Å²) in [7, 11) is 0. The monoisotopic (exact) mass is 291 g/mol. The second-order valence-corrected chi connectivity index (χ2v) is 5.94. The number of hydrogen-bond acceptors (Lipinski definition) is 0. The first kappa shape index (κ1) is 14.4. The molecule has 0 saturated carbocycles.